The SMILES string of the molecule is CC(C)c1noc(N2CCC([C@H]3C[C@@H]3CCOc3ccc(S(C)(=O)=O)cn3)CC2)n1. The minimum Gasteiger partial charge on any atom is -0.478 e. The lowest BCUT2D eigenvalue weighted by Gasteiger charge is -2.30. The van der Waals surface area contributed by atoms with Crippen molar-refractivity contribution >= 4 is 15.9 Å². The maximum atomic E-state index is 11.5. The Labute approximate surface area is 177 Å². The largest absolute Gasteiger partial charge is 0.478 e. The number of hydrogen-bond donors (Lipinski definition) is 0. The maximum Gasteiger partial charge on any atom is 0.324 e. The molecule has 0 radical (unpaired) electrons. The van der Waals surface area contributed by atoms with Crippen molar-refractivity contribution in [3.05, 3.63) is 24.2 Å². The molecular weight excluding hydrogens is 404 g/mol. The Kier molecular flexibility index (Phi) is 5.99. The van der Waals surface area contributed by atoms with Crippen molar-refractivity contribution in [1.29, 1.82) is 0 Å². The van der Waals surface area contributed by atoms with Crippen molar-refractivity contribution in [2.45, 2.75) is 50.3 Å². The molecule has 2 atom stereocenters. The second kappa shape index (κ2) is 8.53. The summed E-state index contributed by atoms with van der Waals surface area (Å²) >= 11 is 0. The van der Waals surface area contributed by atoms with Crippen LogP contribution in [0, 0.1) is 17.8 Å². The van der Waals surface area contributed by atoms with Crippen molar-refractivity contribution in [3.63, 3.8) is 0 Å². The van der Waals surface area contributed by atoms with Crippen LogP contribution in [0.3, 0.4) is 0 Å². The molecule has 0 amide bonds. The van der Waals surface area contributed by atoms with Gasteiger partial charge in [0.25, 0.3) is 0 Å². The third kappa shape index (κ3) is 4.94. The first-order chi connectivity index (χ1) is 14.3. The number of sulfone groups is 1. The van der Waals surface area contributed by atoms with Gasteiger partial charge in [0.15, 0.2) is 15.7 Å². The Balaban J connectivity index is 1.18. The van der Waals surface area contributed by atoms with Gasteiger partial charge in [0.2, 0.25) is 5.88 Å². The van der Waals surface area contributed by atoms with Gasteiger partial charge in [-0.05, 0) is 49.5 Å². The molecule has 0 N–H and O–H groups in total. The van der Waals surface area contributed by atoms with E-state index in [2.05, 4.69) is 33.9 Å². The number of aromatic nitrogens is 3. The van der Waals surface area contributed by atoms with E-state index in [-0.39, 0.29) is 10.8 Å². The summed E-state index contributed by atoms with van der Waals surface area (Å²) in [5, 5.41) is 4.07. The smallest absolute Gasteiger partial charge is 0.324 e. The van der Waals surface area contributed by atoms with Crippen LogP contribution in [0.15, 0.2) is 27.7 Å². The number of piperidine rings is 1. The molecule has 0 aromatic carbocycles. The van der Waals surface area contributed by atoms with Crippen molar-refractivity contribution in [1.82, 2.24) is 15.1 Å². The summed E-state index contributed by atoms with van der Waals surface area (Å²) in [5.41, 5.74) is 0. The third-order valence-electron chi connectivity index (χ3n) is 6.22. The minimum atomic E-state index is -3.22. The molecule has 9 heteroatoms. The molecule has 4 rings (SSSR count). The highest BCUT2D eigenvalue weighted by Crippen LogP contribution is 2.49. The molecule has 2 fully saturated rings. The van der Waals surface area contributed by atoms with Crippen LogP contribution in [-0.2, 0) is 9.84 Å². The number of ether oxygens (including phenoxy) is 1. The molecule has 8 nitrogen and oxygen atoms in total. The van der Waals surface area contributed by atoms with Gasteiger partial charge >= 0.3 is 6.01 Å². The van der Waals surface area contributed by atoms with Crippen LogP contribution in [0.1, 0.15) is 51.3 Å². The molecule has 164 valence electrons. The Morgan fingerprint density at radius 3 is 2.63 bits per heavy atom. The van der Waals surface area contributed by atoms with Gasteiger partial charge in [0.1, 0.15) is 0 Å². The second-order valence-electron chi connectivity index (χ2n) is 8.82. The summed E-state index contributed by atoms with van der Waals surface area (Å²) in [5.74, 6) is 3.79. The Morgan fingerprint density at radius 1 is 1.27 bits per heavy atom. The standard InChI is InChI=1S/C21H30N4O4S/c1-14(2)20-23-21(29-24-20)25-9-6-15(7-10-25)18-12-16(18)8-11-28-19-5-4-17(13-22-19)30(3,26)27/h4-5,13-16,18H,6-12H2,1-3H3/t16-,18+/m0/s1. The van der Waals surface area contributed by atoms with Crippen LogP contribution in [0.2, 0.25) is 0 Å². The molecule has 1 aliphatic heterocycles. The molecule has 0 unspecified atom stereocenters. The average molecular weight is 435 g/mol. The van der Waals surface area contributed by atoms with E-state index in [1.165, 1.54) is 18.9 Å². The number of nitrogens with zero attached hydrogens (tertiary/aromatic N) is 4. The molecule has 3 heterocycles. The van der Waals surface area contributed by atoms with E-state index in [1.807, 2.05) is 0 Å². The lowest BCUT2D eigenvalue weighted by molar-refractivity contribution is 0.274. The number of rotatable bonds is 8. The van der Waals surface area contributed by atoms with E-state index in [9.17, 15) is 8.42 Å². The van der Waals surface area contributed by atoms with E-state index in [1.54, 1.807) is 12.1 Å². The highest BCUT2D eigenvalue weighted by molar-refractivity contribution is 7.90. The van der Waals surface area contributed by atoms with Crippen molar-refractivity contribution in [2.75, 3.05) is 30.9 Å². The fraction of sp³-hybridized carbons (Fsp3) is 0.667. The van der Waals surface area contributed by atoms with E-state index in [0.717, 1.165) is 50.0 Å². The lowest BCUT2D eigenvalue weighted by atomic mass is 9.90. The molecule has 0 spiro atoms. The van der Waals surface area contributed by atoms with Crippen LogP contribution in [0.4, 0.5) is 6.01 Å². The molecule has 1 aliphatic carbocycles. The molecule has 2 aromatic rings. The van der Waals surface area contributed by atoms with Gasteiger partial charge in [-0.3, -0.25) is 0 Å². The first-order valence-corrected chi connectivity index (χ1v) is 12.6. The third-order valence-corrected chi connectivity index (χ3v) is 7.31. The highest BCUT2D eigenvalue weighted by Gasteiger charge is 2.43. The maximum absolute atomic E-state index is 11.5. The van der Waals surface area contributed by atoms with Gasteiger partial charge in [-0.15, -0.1) is 0 Å². The van der Waals surface area contributed by atoms with Crippen LogP contribution in [0.5, 0.6) is 5.88 Å². The molecule has 1 saturated carbocycles. The first-order valence-electron chi connectivity index (χ1n) is 10.7. The van der Waals surface area contributed by atoms with E-state index < -0.39 is 9.84 Å². The summed E-state index contributed by atoms with van der Waals surface area (Å²) in [7, 11) is -3.22. The molecule has 0 bridgehead atoms. The monoisotopic (exact) mass is 434 g/mol. The van der Waals surface area contributed by atoms with Crippen molar-refractivity contribution in [3.8, 4) is 5.88 Å². The Hall–Kier alpha value is -2.16. The van der Waals surface area contributed by atoms with Crippen LogP contribution in [-0.4, -0.2) is 49.5 Å². The molecule has 30 heavy (non-hydrogen) atoms. The predicted molar refractivity (Wildman–Crippen MR) is 112 cm³/mol. The normalized spacial score (nSPS) is 22.5. The van der Waals surface area contributed by atoms with Gasteiger partial charge in [0.05, 0.1) is 11.5 Å². The molecular formula is C21H30N4O4S. The minimum absolute atomic E-state index is 0.212. The quantitative estimate of drug-likeness (QED) is 0.624. The van der Waals surface area contributed by atoms with Crippen LogP contribution >= 0.6 is 0 Å². The predicted octanol–water partition coefficient (Wildman–Crippen LogP) is 3.31. The molecule has 2 aromatic heterocycles. The molecule has 1 saturated heterocycles. The number of pyridine rings is 1. The number of hydrogen-bond acceptors (Lipinski definition) is 8. The zero-order valence-electron chi connectivity index (χ0n) is 17.8. The van der Waals surface area contributed by atoms with Gasteiger partial charge in [0, 0.05) is 37.5 Å². The first kappa shape index (κ1) is 21.1. The van der Waals surface area contributed by atoms with Crippen LogP contribution in [0.25, 0.3) is 0 Å². The summed E-state index contributed by atoms with van der Waals surface area (Å²) in [6.07, 6.45) is 7.14. The van der Waals surface area contributed by atoms with E-state index >= 15 is 0 Å². The van der Waals surface area contributed by atoms with Crippen molar-refractivity contribution < 1.29 is 17.7 Å². The zero-order chi connectivity index (χ0) is 21.3. The van der Waals surface area contributed by atoms with E-state index in [0.29, 0.717) is 24.4 Å². The average Bonchev–Trinajstić information content (AvgIpc) is 3.30. The number of anilines is 1. The Bertz CT molecular complexity index is 950. The van der Waals surface area contributed by atoms with Gasteiger partial charge in [-0.2, -0.15) is 4.98 Å². The topological polar surface area (TPSA) is 98.4 Å². The van der Waals surface area contributed by atoms with Gasteiger partial charge < -0.3 is 14.2 Å². The van der Waals surface area contributed by atoms with Gasteiger partial charge in [-0.25, -0.2) is 13.4 Å². The summed E-state index contributed by atoms with van der Waals surface area (Å²) in [4.78, 5) is 11.0. The fourth-order valence-electron chi connectivity index (χ4n) is 4.27. The zero-order valence-corrected chi connectivity index (χ0v) is 18.6. The van der Waals surface area contributed by atoms with Crippen LogP contribution < -0.4 is 9.64 Å². The highest BCUT2D eigenvalue weighted by atomic mass is 32.2. The van der Waals surface area contributed by atoms with Gasteiger partial charge in [-0.1, -0.05) is 19.0 Å². The second-order valence-corrected chi connectivity index (χ2v) is 10.8. The summed E-state index contributed by atoms with van der Waals surface area (Å²) in [6, 6.07) is 3.82. The fourth-order valence-corrected chi connectivity index (χ4v) is 4.83. The van der Waals surface area contributed by atoms with E-state index in [4.69, 9.17) is 9.26 Å². The summed E-state index contributed by atoms with van der Waals surface area (Å²) in [6.45, 7) is 6.70. The Morgan fingerprint density at radius 2 is 2.03 bits per heavy atom. The van der Waals surface area contributed by atoms with Crippen molar-refractivity contribution in [2.24, 2.45) is 17.8 Å². The lowest BCUT2D eigenvalue weighted by Crippen LogP contribution is -2.34. The summed E-state index contributed by atoms with van der Waals surface area (Å²) < 4.78 is 34.1. The molecule has 2 aliphatic rings.